The molecule has 1 fully saturated rings. The first-order chi connectivity index (χ1) is 17.9. The summed E-state index contributed by atoms with van der Waals surface area (Å²) in [6, 6.07) is 13.5. The molecular formula is C28H30ClFN6O. The highest BCUT2D eigenvalue weighted by molar-refractivity contribution is 6.32. The van der Waals surface area contributed by atoms with E-state index in [1.54, 1.807) is 10.9 Å². The highest BCUT2D eigenvalue weighted by atomic mass is 35.5. The van der Waals surface area contributed by atoms with E-state index in [9.17, 15) is 9.18 Å². The minimum Gasteiger partial charge on any atom is -0.367 e. The summed E-state index contributed by atoms with van der Waals surface area (Å²) in [5.41, 5.74) is 1.97. The Hall–Kier alpha value is -3.52. The predicted molar refractivity (Wildman–Crippen MR) is 144 cm³/mol. The molecular weight excluding hydrogens is 491 g/mol. The number of nitrogens with zero attached hydrogens (tertiary/aromatic N) is 4. The Kier molecular flexibility index (Phi) is 7.37. The fourth-order valence-electron chi connectivity index (χ4n) is 4.68. The van der Waals surface area contributed by atoms with Gasteiger partial charge in [0.15, 0.2) is 5.65 Å². The Morgan fingerprint density at radius 1 is 1.08 bits per heavy atom. The molecule has 37 heavy (non-hydrogen) atoms. The number of fused-ring (bicyclic) bond motifs is 1. The van der Waals surface area contributed by atoms with E-state index in [0.717, 1.165) is 60.5 Å². The van der Waals surface area contributed by atoms with Crippen LogP contribution in [0.4, 0.5) is 10.2 Å². The van der Waals surface area contributed by atoms with Crippen LogP contribution in [0.15, 0.2) is 54.7 Å². The molecule has 4 aromatic rings. The number of hydrogen-bond donors (Lipinski definition) is 2. The average molecular weight is 521 g/mol. The fourth-order valence-corrected chi connectivity index (χ4v) is 4.90. The molecule has 1 aliphatic rings. The third-order valence-corrected chi connectivity index (χ3v) is 7.41. The molecule has 7 nitrogen and oxygen atoms in total. The first-order valence-corrected chi connectivity index (χ1v) is 13.1. The Labute approximate surface area is 220 Å². The van der Waals surface area contributed by atoms with Crippen molar-refractivity contribution < 1.29 is 9.18 Å². The number of nitrogens with one attached hydrogen (secondary N) is 2. The summed E-state index contributed by atoms with van der Waals surface area (Å²) in [6.07, 6.45) is 6.17. The van der Waals surface area contributed by atoms with Crippen molar-refractivity contribution in [2.45, 2.75) is 64.0 Å². The van der Waals surface area contributed by atoms with Crippen molar-refractivity contribution in [3.8, 4) is 5.69 Å². The van der Waals surface area contributed by atoms with E-state index < -0.39 is 0 Å². The van der Waals surface area contributed by atoms with Gasteiger partial charge < -0.3 is 10.6 Å². The number of hydrogen-bond acceptors (Lipinski definition) is 5. The minimum atomic E-state index is -0.351. The van der Waals surface area contributed by atoms with Gasteiger partial charge in [0.05, 0.1) is 22.3 Å². The topological polar surface area (TPSA) is 84.7 Å². The summed E-state index contributed by atoms with van der Waals surface area (Å²) >= 11 is 6.47. The molecule has 2 N–H and O–H groups in total. The van der Waals surface area contributed by atoms with Crippen LogP contribution in [0.25, 0.3) is 16.7 Å². The van der Waals surface area contributed by atoms with Crippen LogP contribution in [0, 0.1) is 5.82 Å². The maximum Gasteiger partial charge on any atom is 0.251 e. The molecule has 0 saturated heterocycles. The normalized spacial score (nSPS) is 18.5. The number of carbonyl (C=O) groups is 1. The largest absolute Gasteiger partial charge is 0.367 e. The van der Waals surface area contributed by atoms with Gasteiger partial charge in [0, 0.05) is 23.6 Å². The third-order valence-electron chi connectivity index (χ3n) is 7.09. The SMILES string of the molecule is CC[C@@H](C)c1nc(NC2CCC(NC(=O)c3ccc(F)cc3)CC2)c2cnn(-c3ccccc3Cl)c2n1. The molecule has 2 heterocycles. The monoisotopic (exact) mass is 520 g/mol. The Bertz CT molecular complexity index is 1400. The van der Waals surface area contributed by atoms with E-state index in [1.807, 2.05) is 24.3 Å². The van der Waals surface area contributed by atoms with Gasteiger partial charge in [-0.2, -0.15) is 5.10 Å². The summed E-state index contributed by atoms with van der Waals surface area (Å²) in [7, 11) is 0. The summed E-state index contributed by atoms with van der Waals surface area (Å²) in [4.78, 5) is 22.3. The zero-order chi connectivity index (χ0) is 25.9. The van der Waals surface area contributed by atoms with Crippen LogP contribution in [0.1, 0.15) is 68.1 Å². The maximum absolute atomic E-state index is 13.2. The van der Waals surface area contributed by atoms with Crippen LogP contribution in [-0.2, 0) is 0 Å². The van der Waals surface area contributed by atoms with Gasteiger partial charge in [0.1, 0.15) is 17.5 Å². The standard InChI is InChI=1S/C28H30ClFN6O/c1-3-17(2)25-34-26(22-16-31-36(27(22)35-25)24-7-5-4-6-23(24)29)32-20-12-14-21(15-13-20)33-28(37)18-8-10-19(30)11-9-18/h4-11,16-17,20-21H,3,12-15H2,1-2H3,(H,33,37)(H,32,34,35)/t17-,20?,21?/m1/s1. The van der Waals surface area contributed by atoms with Crippen LogP contribution in [0.2, 0.25) is 5.02 Å². The van der Waals surface area contributed by atoms with Crippen molar-refractivity contribution in [2.24, 2.45) is 0 Å². The highest BCUT2D eigenvalue weighted by Gasteiger charge is 2.25. The maximum atomic E-state index is 13.2. The van der Waals surface area contributed by atoms with E-state index in [1.165, 1.54) is 24.3 Å². The average Bonchev–Trinajstić information content (AvgIpc) is 3.34. The summed E-state index contributed by atoms with van der Waals surface area (Å²) in [6.45, 7) is 4.24. The van der Waals surface area contributed by atoms with Gasteiger partial charge in [-0.15, -0.1) is 0 Å². The van der Waals surface area contributed by atoms with Crippen LogP contribution in [-0.4, -0.2) is 37.7 Å². The summed E-state index contributed by atoms with van der Waals surface area (Å²) in [5.74, 6) is 1.22. The molecule has 0 unspecified atom stereocenters. The Morgan fingerprint density at radius 2 is 1.78 bits per heavy atom. The number of halogens is 2. The second-order valence-electron chi connectivity index (χ2n) is 9.66. The molecule has 0 spiro atoms. The van der Waals surface area contributed by atoms with Gasteiger partial charge in [0.2, 0.25) is 0 Å². The lowest BCUT2D eigenvalue weighted by molar-refractivity contribution is 0.0926. The highest BCUT2D eigenvalue weighted by Crippen LogP contribution is 2.30. The number of amides is 1. The van der Waals surface area contributed by atoms with Gasteiger partial charge in [-0.1, -0.05) is 37.6 Å². The van der Waals surface area contributed by atoms with Crippen molar-refractivity contribution >= 4 is 34.4 Å². The first kappa shape index (κ1) is 25.1. The van der Waals surface area contributed by atoms with Gasteiger partial charge in [-0.25, -0.2) is 19.0 Å². The van der Waals surface area contributed by atoms with E-state index in [4.69, 9.17) is 21.6 Å². The van der Waals surface area contributed by atoms with Gasteiger partial charge >= 0.3 is 0 Å². The fraction of sp³-hybridized carbons (Fsp3) is 0.357. The van der Waals surface area contributed by atoms with Crippen molar-refractivity contribution in [3.63, 3.8) is 0 Å². The lowest BCUT2D eigenvalue weighted by Crippen LogP contribution is -2.40. The first-order valence-electron chi connectivity index (χ1n) is 12.8. The molecule has 192 valence electrons. The third kappa shape index (κ3) is 5.44. The molecule has 2 aromatic heterocycles. The summed E-state index contributed by atoms with van der Waals surface area (Å²) < 4.78 is 14.9. The molecule has 0 radical (unpaired) electrons. The second-order valence-corrected chi connectivity index (χ2v) is 10.1. The molecule has 1 amide bonds. The van der Waals surface area contributed by atoms with E-state index >= 15 is 0 Å². The lowest BCUT2D eigenvalue weighted by Gasteiger charge is -2.30. The van der Waals surface area contributed by atoms with Crippen LogP contribution in [0.5, 0.6) is 0 Å². The lowest BCUT2D eigenvalue weighted by atomic mass is 9.91. The molecule has 0 aliphatic heterocycles. The van der Waals surface area contributed by atoms with Gasteiger partial charge in [0.25, 0.3) is 5.91 Å². The van der Waals surface area contributed by atoms with E-state index in [-0.39, 0.29) is 29.7 Å². The quantitative estimate of drug-likeness (QED) is 0.300. The van der Waals surface area contributed by atoms with Gasteiger partial charge in [-0.05, 0) is 68.5 Å². The minimum absolute atomic E-state index is 0.0830. The molecule has 1 aliphatic carbocycles. The molecule has 1 saturated carbocycles. The Morgan fingerprint density at radius 3 is 2.49 bits per heavy atom. The molecule has 0 bridgehead atoms. The molecule has 9 heteroatoms. The zero-order valence-electron chi connectivity index (χ0n) is 20.9. The van der Waals surface area contributed by atoms with Crippen LogP contribution in [0.3, 0.4) is 0 Å². The van der Waals surface area contributed by atoms with Crippen molar-refractivity contribution in [3.05, 3.63) is 77.0 Å². The predicted octanol–water partition coefficient (Wildman–Crippen LogP) is 6.27. The van der Waals surface area contributed by atoms with E-state index in [0.29, 0.717) is 10.6 Å². The number of aromatic nitrogens is 4. The Balaban J connectivity index is 1.33. The molecule has 2 aromatic carbocycles. The van der Waals surface area contributed by atoms with E-state index in [2.05, 4.69) is 29.6 Å². The second kappa shape index (κ2) is 10.8. The molecule has 1 atom stereocenters. The smallest absolute Gasteiger partial charge is 0.251 e. The van der Waals surface area contributed by atoms with Crippen molar-refractivity contribution in [1.82, 2.24) is 25.1 Å². The van der Waals surface area contributed by atoms with Crippen molar-refractivity contribution in [1.29, 1.82) is 0 Å². The number of para-hydroxylation sites is 1. The summed E-state index contributed by atoms with van der Waals surface area (Å²) in [5, 5.41) is 12.8. The number of benzene rings is 2. The zero-order valence-corrected chi connectivity index (χ0v) is 21.7. The van der Waals surface area contributed by atoms with Crippen LogP contribution >= 0.6 is 11.6 Å². The number of anilines is 1. The van der Waals surface area contributed by atoms with Crippen molar-refractivity contribution in [2.75, 3.05) is 5.32 Å². The number of rotatable bonds is 7. The molecule has 5 rings (SSSR count). The van der Waals surface area contributed by atoms with Gasteiger partial charge in [-0.3, -0.25) is 4.79 Å². The van der Waals surface area contributed by atoms with Crippen LogP contribution < -0.4 is 10.6 Å². The number of carbonyl (C=O) groups excluding carboxylic acids is 1.